The number of rotatable bonds is 6. The van der Waals surface area contributed by atoms with Crippen LogP contribution in [0.5, 0.6) is 0 Å². The van der Waals surface area contributed by atoms with Gasteiger partial charge < -0.3 is 10.1 Å². The lowest BCUT2D eigenvalue weighted by atomic mass is 9.92. The highest BCUT2D eigenvalue weighted by atomic mass is 32.1. The van der Waals surface area contributed by atoms with E-state index in [9.17, 15) is 14.4 Å². The molecule has 1 aromatic carbocycles. The number of thiophene rings is 1. The molecule has 0 saturated carbocycles. The smallest absolute Gasteiger partial charge is 0.359 e. The van der Waals surface area contributed by atoms with Gasteiger partial charge in [-0.3, -0.25) is 9.59 Å². The zero-order chi connectivity index (χ0) is 23.6. The second kappa shape index (κ2) is 9.24. The van der Waals surface area contributed by atoms with Gasteiger partial charge in [0.25, 0.3) is 5.56 Å². The fraction of sp³-hybridized carbons (Fsp3) is 0.417. The molecular weight excluding hydrogens is 426 g/mol. The zero-order valence-electron chi connectivity index (χ0n) is 19.3. The molecule has 3 aromatic rings. The molecule has 7 nitrogen and oxygen atoms in total. The van der Waals surface area contributed by atoms with E-state index in [4.69, 9.17) is 4.74 Å². The molecule has 0 aliphatic carbocycles. The largest absolute Gasteiger partial charge is 0.461 e. The SMILES string of the molecule is CCOC(=O)c1nn(-c2ccc(C(C)C)cc2)c(=O)c2c(NC(=O)CC(C)(C)C)scc12. The summed E-state index contributed by atoms with van der Waals surface area (Å²) < 4.78 is 6.37. The Hall–Kier alpha value is -3.00. The monoisotopic (exact) mass is 455 g/mol. The van der Waals surface area contributed by atoms with Crippen LogP contribution >= 0.6 is 11.3 Å². The third-order valence-electron chi connectivity index (χ3n) is 4.87. The van der Waals surface area contributed by atoms with E-state index in [0.717, 1.165) is 5.56 Å². The van der Waals surface area contributed by atoms with Gasteiger partial charge in [-0.15, -0.1) is 11.3 Å². The Morgan fingerprint density at radius 2 is 1.84 bits per heavy atom. The summed E-state index contributed by atoms with van der Waals surface area (Å²) in [5, 5.41) is 9.88. The van der Waals surface area contributed by atoms with Gasteiger partial charge in [-0.1, -0.05) is 46.8 Å². The summed E-state index contributed by atoms with van der Waals surface area (Å²) in [4.78, 5) is 38.6. The van der Waals surface area contributed by atoms with Gasteiger partial charge in [0.15, 0.2) is 5.69 Å². The number of carbonyl (C=O) groups is 2. The molecule has 0 spiro atoms. The standard InChI is InChI=1S/C24H29N3O4S/c1-7-31-23(30)20-17-13-32-21(25-18(28)12-24(4,5)6)19(17)22(29)27(26-20)16-10-8-15(9-11-16)14(2)3/h8-11,13-14H,7,12H2,1-6H3,(H,25,28). The number of carbonyl (C=O) groups excluding carboxylic acids is 2. The first-order valence-electron chi connectivity index (χ1n) is 10.6. The zero-order valence-corrected chi connectivity index (χ0v) is 20.1. The number of anilines is 1. The Morgan fingerprint density at radius 3 is 2.41 bits per heavy atom. The number of fused-ring (bicyclic) bond motifs is 1. The van der Waals surface area contributed by atoms with Crippen LogP contribution < -0.4 is 10.9 Å². The molecule has 3 rings (SSSR count). The first kappa shape index (κ1) is 23.7. The van der Waals surface area contributed by atoms with Crippen molar-refractivity contribution in [2.75, 3.05) is 11.9 Å². The van der Waals surface area contributed by atoms with E-state index < -0.39 is 11.5 Å². The topological polar surface area (TPSA) is 90.3 Å². The van der Waals surface area contributed by atoms with E-state index in [1.165, 1.54) is 16.0 Å². The highest BCUT2D eigenvalue weighted by Gasteiger charge is 2.24. The van der Waals surface area contributed by atoms with Crippen LogP contribution in [0.15, 0.2) is 34.4 Å². The van der Waals surface area contributed by atoms with Crippen molar-refractivity contribution in [3.63, 3.8) is 0 Å². The van der Waals surface area contributed by atoms with Gasteiger partial charge in [0.05, 0.1) is 17.7 Å². The number of benzene rings is 1. The van der Waals surface area contributed by atoms with Crippen molar-refractivity contribution < 1.29 is 14.3 Å². The van der Waals surface area contributed by atoms with Crippen molar-refractivity contribution in [2.24, 2.45) is 5.41 Å². The van der Waals surface area contributed by atoms with Gasteiger partial charge in [-0.2, -0.15) is 9.78 Å². The summed E-state index contributed by atoms with van der Waals surface area (Å²) >= 11 is 1.20. The Kier molecular flexibility index (Phi) is 6.83. The van der Waals surface area contributed by atoms with Crippen LogP contribution in [0.1, 0.15) is 69.9 Å². The summed E-state index contributed by atoms with van der Waals surface area (Å²) in [6.45, 7) is 12.0. The molecule has 32 heavy (non-hydrogen) atoms. The molecule has 0 bridgehead atoms. The van der Waals surface area contributed by atoms with Gasteiger partial charge in [0.1, 0.15) is 5.00 Å². The number of amides is 1. The molecule has 0 aliphatic heterocycles. The lowest BCUT2D eigenvalue weighted by Gasteiger charge is -2.17. The molecule has 0 fully saturated rings. The molecule has 170 valence electrons. The third kappa shape index (κ3) is 5.07. The molecule has 2 heterocycles. The average Bonchev–Trinajstić information content (AvgIpc) is 3.11. The minimum atomic E-state index is -0.615. The van der Waals surface area contributed by atoms with E-state index in [1.807, 2.05) is 32.9 Å². The number of hydrogen-bond donors (Lipinski definition) is 1. The molecule has 0 atom stereocenters. The lowest BCUT2D eigenvalue weighted by Crippen LogP contribution is -2.26. The van der Waals surface area contributed by atoms with Gasteiger partial charge in [0.2, 0.25) is 5.91 Å². The maximum Gasteiger partial charge on any atom is 0.359 e. The van der Waals surface area contributed by atoms with E-state index in [2.05, 4.69) is 24.3 Å². The summed E-state index contributed by atoms with van der Waals surface area (Å²) in [5.41, 5.74) is 1.09. The molecule has 0 unspecified atom stereocenters. The number of hydrogen-bond acceptors (Lipinski definition) is 6. The minimum absolute atomic E-state index is 0.0435. The highest BCUT2D eigenvalue weighted by molar-refractivity contribution is 7.16. The van der Waals surface area contributed by atoms with Crippen molar-refractivity contribution in [3.8, 4) is 5.69 Å². The Labute approximate surface area is 191 Å². The first-order valence-corrected chi connectivity index (χ1v) is 11.5. The Balaban J connectivity index is 2.17. The second-order valence-corrected chi connectivity index (χ2v) is 10.1. The molecule has 0 saturated heterocycles. The molecule has 2 aromatic heterocycles. The number of nitrogens with one attached hydrogen (secondary N) is 1. The molecular formula is C24H29N3O4S. The van der Waals surface area contributed by atoms with E-state index in [-0.39, 0.29) is 29.0 Å². The third-order valence-corrected chi connectivity index (χ3v) is 5.76. The van der Waals surface area contributed by atoms with Gasteiger partial charge in [-0.05, 0) is 36.0 Å². The summed E-state index contributed by atoms with van der Waals surface area (Å²) in [6.07, 6.45) is 0.299. The fourth-order valence-corrected chi connectivity index (χ4v) is 4.27. The molecule has 1 amide bonds. The fourth-order valence-electron chi connectivity index (χ4n) is 3.32. The number of esters is 1. The Bertz CT molecular complexity index is 1200. The molecule has 0 radical (unpaired) electrons. The number of nitrogens with zero attached hydrogens (tertiary/aromatic N) is 2. The van der Waals surface area contributed by atoms with Crippen LogP contribution in [0.25, 0.3) is 16.5 Å². The summed E-state index contributed by atoms with van der Waals surface area (Å²) in [7, 11) is 0. The molecule has 1 N–H and O–H groups in total. The van der Waals surface area contributed by atoms with Crippen molar-refractivity contribution in [3.05, 3.63) is 51.3 Å². The normalized spacial score (nSPS) is 11.7. The van der Waals surface area contributed by atoms with Gasteiger partial charge in [-0.25, -0.2) is 4.79 Å². The van der Waals surface area contributed by atoms with Crippen molar-refractivity contribution >= 4 is 39.0 Å². The minimum Gasteiger partial charge on any atom is -0.461 e. The lowest BCUT2D eigenvalue weighted by molar-refractivity contribution is -0.117. The van der Waals surface area contributed by atoms with Gasteiger partial charge in [0, 0.05) is 17.2 Å². The summed E-state index contributed by atoms with van der Waals surface area (Å²) in [5.74, 6) is -0.466. The Morgan fingerprint density at radius 1 is 1.19 bits per heavy atom. The highest BCUT2D eigenvalue weighted by Crippen LogP contribution is 2.31. The molecule has 8 heteroatoms. The number of aromatic nitrogens is 2. The van der Waals surface area contributed by atoms with Crippen LogP contribution in [-0.4, -0.2) is 28.3 Å². The van der Waals surface area contributed by atoms with Crippen LogP contribution in [0.3, 0.4) is 0 Å². The van der Waals surface area contributed by atoms with E-state index in [1.54, 1.807) is 24.4 Å². The van der Waals surface area contributed by atoms with Crippen LogP contribution in [0, 0.1) is 5.41 Å². The van der Waals surface area contributed by atoms with Crippen LogP contribution in [0.2, 0.25) is 0 Å². The van der Waals surface area contributed by atoms with Crippen LogP contribution in [-0.2, 0) is 9.53 Å². The first-order chi connectivity index (χ1) is 15.0. The van der Waals surface area contributed by atoms with Crippen molar-refractivity contribution in [2.45, 2.75) is 53.9 Å². The van der Waals surface area contributed by atoms with Crippen molar-refractivity contribution in [1.29, 1.82) is 0 Å². The maximum absolute atomic E-state index is 13.4. The van der Waals surface area contributed by atoms with Crippen molar-refractivity contribution in [1.82, 2.24) is 9.78 Å². The van der Waals surface area contributed by atoms with Gasteiger partial charge >= 0.3 is 5.97 Å². The maximum atomic E-state index is 13.4. The van der Waals surface area contributed by atoms with Crippen LogP contribution in [0.4, 0.5) is 5.00 Å². The van der Waals surface area contributed by atoms with E-state index >= 15 is 0 Å². The average molecular weight is 456 g/mol. The number of ether oxygens (including phenoxy) is 1. The predicted octanol–water partition coefficient (Wildman–Crippen LogP) is 5.12. The summed E-state index contributed by atoms with van der Waals surface area (Å²) in [6, 6.07) is 7.47. The quantitative estimate of drug-likeness (QED) is 0.521. The second-order valence-electron chi connectivity index (χ2n) is 9.17. The van der Waals surface area contributed by atoms with E-state index in [0.29, 0.717) is 28.4 Å². The predicted molar refractivity (Wildman–Crippen MR) is 128 cm³/mol. The molecule has 0 aliphatic rings.